The largest absolute Gasteiger partial charge is 0.496 e. The Balaban J connectivity index is 1.19. The first-order chi connectivity index (χ1) is 18.5. The number of halogens is 2. The molecule has 2 fully saturated rings. The number of hydrogen-bond acceptors (Lipinski definition) is 5. The number of likely N-dealkylation sites (tertiary alicyclic amines) is 1. The molecular weight excluding hydrogens is 503 g/mol. The number of ether oxygens (including phenoxy) is 2. The van der Waals surface area contributed by atoms with Gasteiger partial charge in [-0.05, 0) is 92.1 Å². The van der Waals surface area contributed by atoms with Crippen LogP contribution in [-0.2, 0) is 13.0 Å². The van der Waals surface area contributed by atoms with E-state index in [0.717, 1.165) is 64.7 Å². The molecule has 5 nitrogen and oxygen atoms in total. The minimum absolute atomic E-state index is 0.263. The lowest BCUT2D eigenvalue weighted by molar-refractivity contribution is 0.225. The molecule has 2 heterocycles. The van der Waals surface area contributed by atoms with Gasteiger partial charge >= 0.3 is 0 Å². The van der Waals surface area contributed by atoms with Crippen molar-refractivity contribution in [1.29, 1.82) is 0 Å². The molecule has 3 aromatic carbocycles. The minimum atomic E-state index is -0.263. The van der Waals surface area contributed by atoms with Crippen molar-refractivity contribution in [2.75, 3.05) is 20.3 Å². The fourth-order valence-electron chi connectivity index (χ4n) is 6.50. The Morgan fingerprint density at radius 1 is 1.05 bits per heavy atom. The van der Waals surface area contributed by atoms with Gasteiger partial charge in [-0.1, -0.05) is 23.7 Å². The van der Waals surface area contributed by atoms with E-state index in [4.69, 9.17) is 30.5 Å². The lowest BCUT2D eigenvalue weighted by Gasteiger charge is -2.25. The van der Waals surface area contributed by atoms with Crippen LogP contribution in [0.3, 0.4) is 0 Å². The molecule has 1 aliphatic heterocycles. The zero-order valence-corrected chi connectivity index (χ0v) is 22.5. The van der Waals surface area contributed by atoms with E-state index in [2.05, 4.69) is 17.0 Å². The fourth-order valence-corrected chi connectivity index (χ4v) is 6.66. The Bertz CT molecular complexity index is 1440. The van der Waals surface area contributed by atoms with Crippen LogP contribution in [-0.4, -0.2) is 36.2 Å². The third kappa shape index (κ3) is 4.87. The molecule has 1 aromatic heterocycles. The standard InChI is InChI=1S/C31H32ClFN2O3/c1-3-37-29-15-19(14-28(36-2)31(29)20-4-8-23(33)9-5-20)18-35-13-12-24-21(6-11-26(24)35)16-30-34-25-10-7-22(32)17-27(25)38-30/h4-5,7-10,14-15,17,21,24,26H,3,6,11-13,16,18H2,1-2H3/t21?,24-,26+/m0/s1. The first-order valence-corrected chi connectivity index (χ1v) is 13.8. The summed E-state index contributed by atoms with van der Waals surface area (Å²) in [4.78, 5) is 7.32. The van der Waals surface area contributed by atoms with E-state index in [1.54, 1.807) is 19.2 Å². The smallest absolute Gasteiger partial charge is 0.195 e. The maximum Gasteiger partial charge on any atom is 0.195 e. The van der Waals surface area contributed by atoms with Crippen molar-refractivity contribution < 1.29 is 18.3 Å². The molecule has 0 radical (unpaired) electrons. The number of benzene rings is 3. The van der Waals surface area contributed by atoms with Crippen LogP contribution >= 0.6 is 11.6 Å². The summed E-state index contributed by atoms with van der Waals surface area (Å²) in [5.74, 6) is 3.27. The normalized spacial score (nSPS) is 21.2. The van der Waals surface area contributed by atoms with E-state index in [-0.39, 0.29) is 5.82 Å². The SMILES string of the molecule is CCOc1cc(CN2CC[C@H]3C(Cc4nc5ccc(Cl)cc5o4)CC[C@H]32)cc(OC)c1-c1ccc(F)cc1. The topological polar surface area (TPSA) is 47.7 Å². The van der Waals surface area contributed by atoms with Gasteiger partial charge in [0.25, 0.3) is 0 Å². The number of oxazole rings is 1. The van der Waals surface area contributed by atoms with Crippen LogP contribution in [0, 0.1) is 17.7 Å². The number of fused-ring (bicyclic) bond motifs is 2. The van der Waals surface area contributed by atoms with Crippen LogP contribution in [0.15, 0.2) is 59.0 Å². The van der Waals surface area contributed by atoms with Crippen LogP contribution in [0.1, 0.15) is 37.6 Å². The Hall–Kier alpha value is -3.09. The molecule has 0 amide bonds. The highest BCUT2D eigenvalue weighted by atomic mass is 35.5. The second-order valence-corrected chi connectivity index (χ2v) is 10.8. The Labute approximate surface area is 227 Å². The molecule has 4 aromatic rings. The van der Waals surface area contributed by atoms with Crippen molar-refractivity contribution in [3.8, 4) is 22.6 Å². The second kappa shape index (κ2) is 10.6. The first kappa shape index (κ1) is 25.2. The molecule has 1 unspecified atom stereocenters. The van der Waals surface area contributed by atoms with E-state index < -0.39 is 0 Å². The van der Waals surface area contributed by atoms with Crippen molar-refractivity contribution in [2.45, 2.75) is 45.2 Å². The average molecular weight is 535 g/mol. The zero-order valence-electron chi connectivity index (χ0n) is 21.8. The number of hydrogen-bond donors (Lipinski definition) is 0. The monoisotopic (exact) mass is 534 g/mol. The van der Waals surface area contributed by atoms with Gasteiger partial charge in [-0.2, -0.15) is 0 Å². The number of nitrogens with zero attached hydrogens (tertiary/aromatic N) is 2. The number of rotatable bonds is 8. The summed E-state index contributed by atoms with van der Waals surface area (Å²) in [6.07, 6.45) is 4.42. The van der Waals surface area contributed by atoms with Crippen LogP contribution in [0.25, 0.3) is 22.2 Å². The maximum atomic E-state index is 13.6. The summed E-state index contributed by atoms with van der Waals surface area (Å²) in [7, 11) is 1.68. The van der Waals surface area contributed by atoms with Crippen molar-refractivity contribution in [1.82, 2.24) is 9.88 Å². The van der Waals surface area contributed by atoms with Crippen molar-refractivity contribution >= 4 is 22.7 Å². The molecule has 1 aliphatic carbocycles. The van der Waals surface area contributed by atoms with E-state index in [9.17, 15) is 4.39 Å². The quantitative estimate of drug-likeness (QED) is 0.234. The van der Waals surface area contributed by atoms with Gasteiger partial charge in [-0.3, -0.25) is 4.90 Å². The zero-order chi connectivity index (χ0) is 26.2. The first-order valence-electron chi connectivity index (χ1n) is 13.4. The highest BCUT2D eigenvalue weighted by Gasteiger charge is 2.43. The Morgan fingerprint density at radius 2 is 1.87 bits per heavy atom. The molecule has 1 saturated carbocycles. The van der Waals surface area contributed by atoms with Crippen molar-refractivity contribution in [3.63, 3.8) is 0 Å². The van der Waals surface area contributed by atoms with Gasteiger partial charge in [0.05, 0.1) is 19.3 Å². The van der Waals surface area contributed by atoms with E-state index in [1.807, 2.05) is 25.1 Å². The van der Waals surface area contributed by atoms with Crippen LogP contribution in [0.2, 0.25) is 5.02 Å². The molecule has 7 heteroatoms. The molecule has 38 heavy (non-hydrogen) atoms. The maximum absolute atomic E-state index is 13.6. The van der Waals surface area contributed by atoms with Gasteiger partial charge in [-0.15, -0.1) is 0 Å². The summed E-state index contributed by atoms with van der Waals surface area (Å²) in [6, 6.07) is 16.9. The third-order valence-electron chi connectivity index (χ3n) is 8.15. The molecule has 0 spiro atoms. The molecule has 0 N–H and O–H groups in total. The van der Waals surface area contributed by atoms with Gasteiger partial charge in [-0.25, -0.2) is 9.37 Å². The minimum Gasteiger partial charge on any atom is -0.496 e. The van der Waals surface area contributed by atoms with E-state index >= 15 is 0 Å². The summed E-state index contributed by atoms with van der Waals surface area (Å²) < 4.78 is 31.5. The predicted molar refractivity (Wildman–Crippen MR) is 147 cm³/mol. The third-order valence-corrected chi connectivity index (χ3v) is 8.38. The molecule has 3 atom stereocenters. The molecule has 1 saturated heterocycles. The van der Waals surface area contributed by atoms with E-state index in [1.165, 1.54) is 31.4 Å². The van der Waals surface area contributed by atoms with Crippen LogP contribution in [0.5, 0.6) is 11.5 Å². The highest BCUT2D eigenvalue weighted by molar-refractivity contribution is 6.31. The molecule has 198 valence electrons. The highest BCUT2D eigenvalue weighted by Crippen LogP contribution is 2.45. The van der Waals surface area contributed by atoms with E-state index in [0.29, 0.717) is 29.5 Å². The number of methoxy groups -OCH3 is 1. The lowest BCUT2D eigenvalue weighted by Crippen LogP contribution is -2.30. The van der Waals surface area contributed by atoms with Gasteiger partial charge in [0.1, 0.15) is 22.8 Å². The number of aromatic nitrogens is 1. The predicted octanol–water partition coefficient (Wildman–Crippen LogP) is 7.54. The Kier molecular flexibility index (Phi) is 7.02. The molecular formula is C31H32ClFN2O3. The second-order valence-electron chi connectivity index (χ2n) is 10.4. The summed E-state index contributed by atoms with van der Waals surface area (Å²) in [5, 5.41) is 0.669. The van der Waals surface area contributed by atoms with Gasteiger partial charge < -0.3 is 13.9 Å². The van der Waals surface area contributed by atoms with Crippen LogP contribution < -0.4 is 9.47 Å². The Morgan fingerprint density at radius 3 is 2.66 bits per heavy atom. The van der Waals surface area contributed by atoms with Gasteiger partial charge in [0.2, 0.25) is 0 Å². The summed E-state index contributed by atoms with van der Waals surface area (Å²) >= 11 is 6.12. The molecule has 0 bridgehead atoms. The summed E-state index contributed by atoms with van der Waals surface area (Å²) in [5.41, 5.74) is 4.53. The van der Waals surface area contributed by atoms with Crippen LogP contribution in [0.4, 0.5) is 4.39 Å². The van der Waals surface area contributed by atoms with Gasteiger partial charge in [0.15, 0.2) is 11.5 Å². The average Bonchev–Trinajstić information content (AvgIpc) is 3.61. The van der Waals surface area contributed by atoms with Crippen molar-refractivity contribution in [3.05, 3.63) is 76.9 Å². The lowest BCUT2D eigenvalue weighted by atomic mass is 9.90. The van der Waals surface area contributed by atoms with Crippen molar-refractivity contribution in [2.24, 2.45) is 11.8 Å². The summed E-state index contributed by atoms with van der Waals surface area (Å²) in [6.45, 7) is 4.43. The fraction of sp³-hybridized carbons (Fsp3) is 0.387. The van der Waals surface area contributed by atoms with Gasteiger partial charge in [0, 0.05) is 30.1 Å². The molecule has 2 aliphatic rings. The molecule has 6 rings (SSSR count).